The molecule has 0 saturated carbocycles. The van der Waals surface area contributed by atoms with Crippen LogP contribution in [0.1, 0.15) is 24.3 Å². The number of carbonyl (C=O) groups excluding carboxylic acids is 2. The van der Waals surface area contributed by atoms with Crippen molar-refractivity contribution in [2.45, 2.75) is 37.1 Å². The first-order valence-corrected chi connectivity index (χ1v) is 12.2. The fraction of sp³-hybridized carbons (Fsp3) is 0.462. The molecule has 3 amide bonds. The zero-order valence-corrected chi connectivity index (χ0v) is 20.1. The quantitative estimate of drug-likeness (QED) is 0.561. The fourth-order valence-electron chi connectivity index (χ4n) is 5.07. The molecule has 3 aliphatic rings. The van der Waals surface area contributed by atoms with Crippen molar-refractivity contribution in [2.75, 3.05) is 50.7 Å². The molecule has 36 heavy (non-hydrogen) atoms. The van der Waals surface area contributed by atoms with E-state index in [-0.39, 0.29) is 43.1 Å². The second kappa shape index (κ2) is 10.7. The predicted molar refractivity (Wildman–Crippen MR) is 132 cm³/mol. The molecule has 0 bridgehead atoms. The van der Waals surface area contributed by atoms with Gasteiger partial charge in [0, 0.05) is 35.9 Å². The van der Waals surface area contributed by atoms with E-state index in [1.54, 1.807) is 42.3 Å². The van der Waals surface area contributed by atoms with Gasteiger partial charge in [-0.3, -0.25) is 4.79 Å². The number of anilines is 2. The van der Waals surface area contributed by atoms with Gasteiger partial charge >= 0.3 is 6.03 Å². The number of rotatable bonds is 6. The lowest BCUT2D eigenvalue weighted by Crippen LogP contribution is -2.48. The van der Waals surface area contributed by atoms with E-state index >= 15 is 0 Å². The van der Waals surface area contributed by atoms with E-state index in [1.165, 1.54) is 0 Å². The average molecular weight is 498 g/mol. The highest BCUT2D eigenvalue weighted by Gasteiger charge is 2.46. The van der Waals surface area contributed by atoms with Gasteiger partial charge in [0.1, 0.15) is 23.7 Å². The molecule has 2 aromatic rings. The molecule has 0 unspecified atom stereocenters. The summed E-state index contributed by atoms with van der Waals surface area (Å²) < 4.78 is 22.7. The Bertz CT molecular complexity index is 1090. The molecule has 192 valence electrons. The van der Waals surface area contributed by atoms with Gasteiger partial charge in [-0.25, -0.2) is 4.79 Å². The van der Waals surface area contributed by atoms with Crippen molar-refractivity contribution < 1.29 is 33.6 Å². The second-order valence-electron chi connectivity index (χ2n) is 9.16. The summed E-state index contributed by atoms with van der Waals surface area (Å²) in [6.45, 7) is 2.06. The lowest BCUT2D eigenvalue weighted by Gasteiger charge is -2.38. The molecule has 0 radical (unpaired) electrons. The lowest BCUT2D eigenvalue weighted by molar-refractivity contribution is -0.151. The maximum atomic E-state index is 12.8. The highest BCUT2D eigenvalue weighted by Crippen LogP contribution is 2.47. The van der Waals surface area contributed by atoms with Gasteiger partial charge in [-0.2, -0.15) is 0 Å². The van der Waals surface area contributed by atoms with Gasteiger partial charge in [-0.05, 0) is 48.9 Å². The minimum Gasteiger partial charge on any atom is -0.497 e. The van der Waals surface area contributed by atoms with Gasteiger partial charge in [0.25, 0.3) is 0 Å². The van der Waals surface area contributed by atoms with Crippen LogP contribution in [-0.4, -0.2) is 80.3 Å². The van der Waals surface area contributed by atoms with E-state index in [4.69, 9.17) is 18.9 Å². The number of nitrogens with zero attached hydrogens (tertiary/aromatic N) is 1. The Morgan fingerprint density at radius 2 is 1.81 bits per heavy atom. The summed E-state index contributed by atoms with van der Waals surface area (Å²) >= 11 is 0. The Morgan fingerprint density at radius 1 is 1.08 bits per heavy atom. The number of nitrogens with one attached hydrogen (secondary N) is 2. The van der Waals surface area contributed by atoms with Crippen molar-refractivity contribution in [3.05, 3.63) is 48.0 Å². The zero-order valence-electron chi connectivity index (χ0n) is 20.1. The third kappa shape index (κ3) is 5.25. The number of amides is 3. The first-order valence-electron chi connectivity index (χ1n) is 12.2. The number of ether oxygens (including phenoxy) is 4. The molecule has 5 rings (SSSR count). The summed E-state index contributed by atoms with van der Waals surface area (Å²) in [5, 5.41) is 15.6. The molecule has 10 heteroatoms. The normalized spacial score (nSPS) is 24.8. The van der Waals surface area contributed by atoms with Gasteiger partial charge in [-0.1, -0.05) is 0 Å². The average Bonchev–Trinajstić information content (AvgIpc) is 3.27. The highest BCUT2D eigenvalue weighted by molar-refractivity contribution is 5.99. The Kier molecular flexibility index (Phi) is 7.26. The summed E-state index contributed by atoms with van der Waals surface area (Å²) in [5.41, 5.74) is 2.20. The molecule has 0 aliphatic carbocycles. The fourth-order valence-corrected chi connectivity index (χ4v) is 5.07. The van der Waals surface area contributed by atoms with Crippen LogP contribution < -0.4 is 20.1 Å². The van der Waals surface area contributed by atoms with Crippen molar-refractivity contribution in [2.24, 2.45) is 0 Å². The van der Waals surface area contributed by atoms with E-state index in [9.17, 15) is 14.7 Å². The molecule has 4 atom stereocenters. The SMILES string of the molecule is COc1ccc(NC(=O)Nc2ccc3c(c2)[C@H]2C[C@H](CC(=O)N4CCOCC4)O[C@H](CO)[C@H]2O3)cc1. The first kappa shape index (κ1) is 24.4. The van der Waals surface area contributed by atoms with Gasteiger partial charge in [0.05, 0.1) is 39.5 Å². The number of methoxy groups -OCH3 is 1. The monoisotopic (exact) mass is 497 g/mol. The molecule has 3 aliphatic heterocycles. The minimum absolute atomic E-state index is 0.0307. The molecule has 0 spiro atoms. The number of carbonyl (C=O) groups is 2. The van der Waals surface area contributed by atoms with Crippen LogP contribution >= 0.6 is 0 Å². The van der Waals surface area contributed by atoms with Crippen LogP contribution in [0.5, 0.6) is 11.5 Å². The summed E-state index contributed by atoms with van der Waals surface area (Å²) in [6.07, 6.45) is -0.372. The van der Waals surface area contributed by atoms with Crippen LogP contribution in [-0.2, 0) is 14.3 Å². The number of aliphatic hydroxyl groups excluding tert-OH is 1. The van der Waals surface area contributed by atoms with E-state index in [0.29, 0.717) is 55.6 Å². The zero-order chi connectivity index (χ0) is 25.1. The number of benzene rings is 2. The lowest BCUT2D eigenvalue weighted by atomic mass is 9.84. The second-order valence-corrected chi connectivity index (χ2v) is 9.16. The van der Waals surface area contributed by atoms with Crippen molar-refractivity contribution in [3.8, 4) is 11.5 Å². The molecule has 3 N–H and O–H groups in total. The maximum Gasteiger partial charge on any atom is 0.323 e. The van der Waals surface area contributed by atoms with Crippen LogP contribution in [0.2, 0.25) is 0 Å². The summed E-state index contributed by atoms with van der Waals surface area (Å²) in [5.74, 6) is 1.38. The van der Waals surface area contributed by atoms with Gasteiger partial charge in [0.15, 0.2) is 0 Å². The van der Waals surface area contributed by atoms with Crippen molar-refractivity contribution >= 4 is 23.3 Å². The number of hydrogen-bond donors (Lipinski definition) is 3. The van der Waals surface area contributed by atoms with E-state index in [2.05, 4.69) is 10.6 Å². The number of hydrogen-bond acceptors (Lipinski definition) is 7. The molecular formula is C26H31N3O7. The van der Waals surface area contributed by atoms with Gasteiger partial charge in [-0.15, -0.1) is 0 Å². The largest absolute Gasteiger partial charge is 0.497 e. The maximum absolute atomic E-state index is 12.8. The number of morpholine rings is 1. The molecule has 10 nitrogen and oxygen atoms in total. The Morgan fingerprint density at radius 3 is 2.53 bits per heavy atom. The highest BCUT2D eigenvalue weighted by atomic mass is 16.6. The third-order valence-electron chi connectivity index (χ3n) is 6.87. The number of urea groups is 1. The van der Waals surface area contributed by atoms with Crippen molar-refractivity contribution in [1.82, 2.24) is 4.90 Å². The van der Waals surface area contributed by atoms with Crippen LogP contribution in [0.15, 0.2) is 42.5 Å². The van der Waals surface area contributed by atoms with Crippen LogP contribution in [0.25, 0.3) is 0 Å². The van der Waals surface area contributed by atoms with Gasteiger partial charge < -0.3 is 39.6 Å². The van der Waals surface area contributed by atoms with Crippen molar-refractivity contribution in [1.29, 1.82) is 0 Å². The third-order valence-corrected chi connectivity index (χ3v) is 6.87. The van der Waals surface area contributed by atoms with E-state index < -0.39 is 6.10 Å². The number of fused-ring (bicyclic) bond motifs is 3. The van der Waals surface area contributed by atoms with Gasteiger partial charge in [0.2, 0.25) is 5.91 Å². The predicted octanol–water partition coefficient (Wildman–Crippen LogP) is 2.58. The smallest absolute Gasteiger partial charge is 0.323 e. The van der Waals surface area contributed by atoms with E-state index in [1.807, 2.05) is 12.1 Å². The Balaban J connectivity index is 1.26. The summed E-state index contributed by atoms with van der Waals surface area (Å²) in [4.78, 5) is 27.1. The Hall–Kier alpha value is -3.34. The molecule has 2 saturated heterocycles. The molecule has 0 aromatic heterocycles. The Labute approximate surface area is 209 Å². The molecule has 2 aromatic carbocycles. The van der Waals surface area contributed by atoms with Crippen LogP contribution in [0.3, 0.4) is 0 Å². The summed E-state index contributed by atoms with van der Waals surface area (Å²) in [6, 6.07) is 12.2. The van der Waals surface area contributed by atoms with Crippen LogP contribution in [0.4, 0.5) is 16.2 Å². The molecular weight excluding hydrogens is 466 g/mol. The number of aliphatic hydroxyl groups is 1. The van der Waals surface area contributed by atoms with E-state index in [0.717, 1.165) is 5.56 Å². The minimum atomic E-state index is -0.534. The molecule has 2 fully saturated rings. The summed E-state index contributed by atoms with van der Waals surface area (Å²) in [7, 11) is 1.59. The topological polar surface area (TPSA) is 119 Å². The van der Waals surface area contributed by atoms with Crippen molar-refractivity contribution in [3.63, 3.8) is 0 Å². The molecule has 3 heterocycles. The first-order chi connectivity index (χ1) is 17.5. The van der Waals surface area contributed by atoms with Crippen LogP contribution in [0, 0.1) is 0 Å². The standard InChI is InChI=1S/C26H31N3O7/c1-33-18-5-2-16(3-6-18)27-26(32)28-17-4-7-22-20(12-17)21-13-19(35-23(15-30)25(21)36-22)14-24(31)29-8-10-34-11-9-29/h2-7,12,19,21,23,25,30H,8-11,13-15H2,1H3,(H2,27,28,32)/t19-,21-,23-,25+/m1/s1.